The number of imidazole rings is 1. The van der Waals surface area contributed by atoms with Crippen LogP contribution < -0.4 is 0 Å². The van der Waals surface area contributed by atoms with E-state index < -0.39 is 0 Å². The van der Waals surface area contributed by atoms with E-state index in [1.807, 2.05) is 36.1 Å². The molecule has 0 bridgehead atoms. The lowest BCUT2D eigenvalue weighted by atomic mass is 9.94. The van der Waals surface area contributed by atoms with Gasteiger partial charge in [-0.2, -0.15) is 0 Å². The van der Waals surface area contributed by atoms with Gasteiger partial charge in [0.15, 0.2) is 0 Å². The summed E-state index contributed by atoms with van der Waals surface area (Å²) in [5.74, 6) is 2.22. The molecule has 3 aromatic rings. The Bertz CT molecular complexity index is 869. The molecule has 4 rings (SSSR count). The molecule has 1 amide bonds. The van der Waals surface area contributed by atoms with E-state index in [1.165, 1.54) is 0 Å². The highest BCUT2D eigenvalue weighted by atomic mass is 16.2. The van der Waals surface area contributed by atoms with Crippen molar-refractivity contribution in [1.82, 2.24) is 24.8 Å². The van der Waals surface area contributed by atoms with Gasteiger partial charge in [0.05, 0.1) is 16.6 Å². The topological polar surface area (TPSA) is 74.8 Å². The third kappa shape index (κ3) is 3.45. The van der Waals surface area contributed by atoms with Gasteiger partial charge < -0.3 is 9.88 Å². The van der Waals surface area contributed by atoms with Gasteiger partial charge in [-0.15, -0.1) is 0 Å². The van der Waals surface area contributed by atoms with Crippen molar-refractivity contribution in [1.29, 1.82) is 0 Å². The Morgan fingerprint density at radius 2 is 2.08 bits per heavy atom. The zero-order chi connectivity index (χ0) is 17.9. The van der Waals surface area contributed by atoms with Crippen molar-refractivity contribution in [3.63, 3.8) is 0 Å². The molecule has 1 aliphatic heterocycles. The van der Waals surface area contributed by atoms with Crippen LogP contribution in [0.2, 0.25) is 0 Å². The van der Waals surface area contributed by atoms with Crippen LogP contribution in [0, 0.1) is 5.92 Å². The molecule has 0 spiro atoms. The van der Waals surface area contributed by atoms with Gasteiger partial charge in [-0.3, -0.25) is 4.79 Å². The van der Waals surface area contributed by atoms with Gasteiger partial charge in [-0.05, 0) is 30.9 Å². The highest BCUT2D eigenvalue weighted by Gasteiger charge is 2.25. The van der Waals surface area contributed by atoms with Gasteiger partial charge in [0.2, 0.25) is 0 Å². The lowest BCUT2D eigenvalue weighted by molar-refractivity contribution is 0.0671. The van der Waals surface area contributed by atoms with Crippen LogP contribution >= 0.6 is 0 Å². The molecule has 2 aromatic heterocycles. The molecule has 6 nitrogen and oxygen atoms in total. The molecule has 1 saturated heterocycles. The van der Waals surface area contributed by atoms with Gasteiger partial charge in [-0.25, -0.2) is 15.0 Å². The number of fused-ring (bicyclic) bond motifs is 1. The smallest absolute Gasteiger partial charge is 0.256 e. The first-order chi connectivity index (χ1) is 12.7. The summed E-state index contributed by atoms with van der Waals surface area (Å²) in [5.41, 5.74) is 2.64. The average molecular weight is 349 g/mol. The minimum Gasteiger partial charge on any atom is -0.342 e. The number of benzene rings is 1. The van der Waals surface area contributed by atoms with Gasteiger partial charge in [0.1, 0.15) is 11.6 Å². The maximum absolute atomic E-state index is 12.8. The van der Waals surface area contributed by atoms with Crippen molar-refractivity contribution < 1.29 is 4.79 Å². The minimum atomic E-state index is 0.0296. The number of hydrogen-bond donors (Lipinski definition) is 1. The van der Waals surface area contributed by atoms with Crippen molar-refractivity contribution in [2.75, 3.05) is 13.1 Å². The summed E-state index contributed by atoms with van der Waals surface area (Å²) in [5, 5.41) is 0. The summed E-state index contributed by atoms with van der Waals surface area (Å²) < 4.78 is 0. The molecule has 0 radical (unpaired) electrons. The van der Waals surface area contributed by atoms with Gasteiger partial charge >= 0.3 is 0 Å². The predicted octanol–water partition coefficient (Wildman–Crippen LogP) is 3.01. The number of aromatic amines is 1. The van der Waals surface area contributed by atoms with Crippen LogP contribution in [0.1, 0.15) is 41.8 Å². The molecule has 6 heteroatoms. The summed E-state index contributed by atoms with van der Waals surface area (Å²) in [6.07, 6.45) is 7.08. The molecule has 3 heterocycles. The number of rotatable bonds is 4. The Labute approximate surface area is 152 Å². The highest BCUT2D eigenvalue weighted by Crippen LogP contribution is 2.22. The Kier molecular flexibility index (Phi) is 4.65. The predicted molar refractivity (Wildman–Crippen MR) is 99.8 cm³/mol. The van der Waals surface area contributed by atoms with Crippen LogP contribution in [0.4, 0.5) is 0 Å². The quantitative estimate of drug-likeness (QED) is 0.786. The Balaban J connectivity index is 1.43. The lowest BCUT2D eigenvalue weighted by Crippen LogP contribution is -2.40. The maximum Gasteiger partial charge on any atom is 0.256 e. The number of para-hydroxylation sites is 2. The third-order valence-electron chi connectivity index (χ3n) is 5.00. The fraction of sp³-hybridized carbons (Fsp3) is 0.400. The number of aryl methyl sites for hydroxylation is 1. The standard InChI is InChI=1S/C20H23N5O/c1-2-18-21-11-15(12-22-18)20(26)25-9-5-6-14(13-25)10-19-23-16-7-3-4-8-17(16)24-19/h3-4,7-8,11-12,14H,2,5-6,9-10,13H2,1H3,(H,23,24). The van der Waals surface area contributed by atoms with E-state index in [-0.39, 0.29) is 5.91 Å². The summed E-state index contributed by atoms with van der Waals surface area (Å²) in [4.78, 5) is 31.3. The molecular formula is C20H23N5O. The highest BCUT2D eigenvalue weighted by molar-refractivity contribution is 5.93. The SMILES string of the molecule is CCc1ncc(C(=O)N2CCCC(Cc3nc4ccccc4[nH]3)C2)cn1. The van der Waals surface area contributed by atoms with Crippen LogP contribution in [0.25, 0.3) is 11.0 Å². The molecule has 134 valence electrons. The second-order valence-electron chi connectivity index (χ2n) is 6.91. The van der Waals surface area contributed by atoms with Crippen molar-refractivity contribution >= 4 is 16.9 Å². The number of piperidine rings is 1. The van der Waals surface area contributed by atoms with E-state index in [2.05, 4.69) is 19.9 Å². The lowest BCUT2D eigenvalue weighted by Gasteiger charge is -2.32. The summed E-state index contributed by atoms with van der Waals surface area (Å²) in [7, 11) is 0. The minimum absolute atomic E-state index is 0.0296. The summed E-state index contributed by atoms with van der Waals surface area (Å²) >= 11 is 0. The number of aromatic nitrogens is 4. The second-order valence-corrected chi connectivity index (χ2v) is 6.91. The van der Waals surface area contributed by atoms with E-state index in [0.29, 0.717) is 11.5 Å². The fourth-order valence-electron chi connectivity index (χ4n) is 3.62. The monoisotopic (exact) mass is 349 g/mol. The first-order valence-electron chi connectivity index (χ1n) is 9.26. The zero-order valence-electron chi connectivity index (χ0n) is 15.0. The van der Waals surface area contributed by atoms with Crippen LogP contribution in [-0.2, 0) is 12.8 Å². The number of nitrogens with one attached hydrogen (secondary N) is 1. The van der Waals surface area contributed by atoms with Gasteiger partial charge in [0.25, 0.3) is 5.91 Å². The number of carbonyl (C=O) groups is 1. The molecule has 1 unspecified atom stereocenters. The Hall–Kier alpha value is -2.76. The van der Waals surface area contributed by atoms with E-state index in [4.69, 9.17) is 0 Å². The number of nitrogens with zero attached hydrogens (tertiary/aromatic N) is 4. The summed E-state index contributed by atoms with van der Waals surface area (Å²) in [6, 6.07) is 8.07. The number of amides is 1. The number of carbonyl (C=O) groups excluding carboxylic acids is 1. The molecule has 1 aliphatic rings. The van der Waals surface area contributed by atoms with E-state index >= 15 is 0 Å². The van der Waals surface area contributed by atoms with Crippen molar-refractivity contribution in [3.05, 3.63) is 53.9 Å². The fourth-order valence-corrected chi connectivity index (χ4v) is 3.62. The van der Waals surface area contributed by atoms with Crippen molar-refractivity contribution in [2.45, 2.75) is 32.6 Å². The van der Waals surface area contributed by atoms with Crippen molar-refractivity contribution in [3.8, 4) is 0 Å². The molecule has 1 atom stereocenters. The van der Waals surface area contributed by atoms with E-state index in [9.17, 15) is 4.79 Å². The normalized spacial score (nSPS) is 17.6. The second kappa shape index (κ2) is 7.23. The van der Waals surface area contributed by atoms with Crippen LogP contribution in [0.3, 0.4) is 0 Å². The van der Waals surface area contributed by atoms with Gasteiger partial charge in [-0.1, -0.05) is 19.1 Å². The molecule has 0 aliphatic carbocycles. The Morgan fingerprint density at radius 3 is 2.85 bits per heavy atom. The number of hydrogen-bond acceptors (Lipinski definition) is 4. The third-order valence-corrected chi connectivity index (χ3v) is 5.00. The zero-order valence-corrected chi connectivity index (χ0v) is 15.0. The van der Waals surface area contributed by atoms with Crippen LogP contribution in [0.5, 0.6) is 0 Å². The first-order valence-corrected chi connectivity index (χ1v) is 9.26. The first kappa shape index (κ1) is 16.7. The number of H-pyrrole nitrogens is 1. The van der Waals surface area contributed by atoms with E-state index in [1.54, 1.807) is 12.4 Å². The van der Waals surface area contributed by atoms with Crippen LogP contribution in [0.15, 0.2) is 36.7 Å². The Morgan fingerprint density at radius 1 is 1.27 bits per heavy atom. The molecular weight excluding hydrogens is 326 g/mol. The molecule has 26 heavy (non-hydrogen) atoms. The summed E-state index contributed by atoms with van der Waals surface area (Å²) in [6.45, 7) is 3.56. The van der Waals surface area contributed by atoms with Gasteiger partial charge in [0, 0.05) is 38.3 Å². The molecule has 1 aromatic carbocycles. The van der Waals surface area contributed by atoms with E-state index in [0.717, 1.165) is 61.5 Å². The van der Waals surface area contributed by atoms with Crippen LogP contribution in [-0.4, -0.2) is 43.8 Å². The molecule has 1 fully saturated rings. The molecule has 0 saturated carbocycles. The molecule has 1 N–H and O–H groups in total. The average Bonchev–Trinajstić information content (AvgIpc) is 3.10. The van der Waals surface area contributed by atoms with Crippen molar-refractivity contribution in [2.24, 2.45) is 5.92 Å². The number of likely N-dealkylation sites (tertiary alicyclic amines) is 1. The largest absolute Gasteiger partial charge is 0.342 e. The maximum atomic E-state index is 12.8.